The third kappa shape index (κ3) is 4.08. The molecule has 2 rings (SSSR count). The molecular formula is C17H24N2O2. The molecule has 114 valence electrons. The first-order chi connectivity index (χ1) is 10.1. The molecule has 1 aliphatic carbocycles. The Morgan fingerprint density at radius 1 is 1.29 bits per heavy atom. The minimum absolute atomic E-state index is 0.00886. The van der Waals surface area contributed by atoms with Crippen LogP contribution in [0.2, 0.25) is 0 Å². The lowest BCUT2D eigenvalue weighted by molar-refractivity contribution is -0.130. The summed E-state index contributed by atoms with van der Waals surface area (Å²) in [4.78, 5) is 16.1. The summed E-state index contributed by atoms with van der Waals surface area (Å²) in [6.45, 7) is 0.445. The second kappa shape index (κ2) is 7.27. The highest BCUT2D eigenvalue weighted by Crippen LogP contribution is 2.25. The van der Waals surface area contributed by atoms with Crippen molar-refractivity contribution >= 4 is 17.7 Å². The molecule has 1 N–H and O–H groups in total. The van der Waals surface area contributed by atoms with Gasteiger partial charge < -0.3 is 14.9 Å². The van der Waals surface area contributed by atoms with E-state index in [1.165, 1.54) is 6.42 Å². The van der Waals surface area contributed by atoms with E-state index in [1.807, 2.05) is 49.3 Å². The Hall–Kier alpha value is -1.81. The first-order valence-electron chi connectivity index (χ1n) is 7.48. The number of nitrogens with zero attached hydrogens (tertiary/aromatic N) is 2. The van der Waals surface area contributed by atoms with Gasteiger partial charge in [0.2, 0.25) is 5.91 Å². The molecule has 0 atom stereocenters. The molecule has 1 fully saturated rings. The van der Waals surface area contributed by atoms with Gasteiger partial charge >= 0.3 is 0 Å². The number of amides is 1. The van der Waals surface area contributed by atoms with Crippen molar-refractivity contribution in [3.63, 3.8) is 0 Å². The fourth-order valence-electron chi connectivity index (χ4n) is 2.43. The molecular weight excluding hydrogens is 264 g/mol. The maximum Gasteiger partial charge on any atom is 0.246 e. The van der Waals surface area contributed by atoms with Gasteiger partial charge in [-0.25, -0.2) is 0 Å². The highest BCUT2D eigenvalue weighted by Gasteiger charge is 2.26. The van der Waals surface area contributed by atoms with Crippen molar-refractivity contribution in [1.29, 1.82) is 0 Å². The van der Waals surface area contributed by atoms with Crippen molar-refractivity contribution in [2.24, 2.45) is 0 Å². The molecule has 0 spiro atoms. The van der Waals surface area contributed by atoms with Crippen LogP contribution in [-0.2, 0) is 4.79 Å². The predicted octanol–water partition coefficient (Wildman–Crippen LogP) is 2.14. The summed E-state index contributed by atoms with van der Waals surface area (Å²) < 4.78 is 0. The zero-order valence-electron chi connectivity index (χ0n) is 12.8. The summed E-state index contributed by atoms with van der Waals surface area (Å²) in [7, 11) is 4.00. The van der Waals surface area contributed by atoms with Crippen LogP contribution in [0.3, 0.4) is 0 Å². The SMILES string of the molecule is CN(C)c1ccc(/C=C/C(=O)N(CCO)C2CCC2)cc1. The number of benzene rings is 1. The average Bonchev–Trinajstić information content (AvgIpc) is 2.43. The summed E-state index contributed by atoms with van der Waals surface area (Å²) in [6.07, 6.45) is 6.73. The van der Waals surface area contributed by atoms with E-state index in [1.54, 1.807) is 11.0 Å². The van der Waals surface area contributed by atoms with Gasteiger partial charge in [0.05, 0.1) is 6.61 Å². The second-order valence-corrected chi connectivity index (χ2v) is 5.66. The van der Waals surface area contributed by atoms with E-state index in [2.05, 4.69) is 0 Å². The van der Waals surface area contributed by atoms with Gasteiger partial charge in [-0.05, 0) is 43.0 Å². The van der Waals surface area contributed by atoms with E-state index in [0.29, 0.717) is 12.6 Å². The van der Waals surface area contributed by atoms with Crippen LogP contribution in [0.4, 0.5) is 5.69 Å². The Balaban J connectivity index is 1.99. The molecule has 1 aliphatic rings. The Morgan fingerprint density at radius 3 is 2.43 bits per heavy atom. The third-order valence-electron chi connectivity index (χ3n) is 3.97. The lowest BCUT2D eigenvalue weighted by atomic mass is 9.91. The van der Waals surface area contributed by atoms with Gasteiger partial charge in [-0.1, -0.05) is 12.1 Å². The average molecular weight is 288 g/mol. The Kier molecular flexibility index (Phi) is 5.39. The van der Waals surface area contributed by atoms with Gasteiger partial charge in [-0.3, -0.25) is 4.79 Å². The van der Waals surface area contributed by atoms with Gasteiger partial charge in [0.1, 0.15) is 0 Å². The molecule has 21 heavy (non-hydrogen) atoms. The van der Waals surface area contributed by atoms with E-state index in [9.17, 15) is 4.79 Å². The monoisotopic (exact) mass is 288 g/mol. The first-order valence-corrected chi connectivity index (χ1v) is 7.48. The number of aliphatic hydroxyl groups excluding tert-OH is 1. The minimum Gasteiger partial charge on any atom is -0.395 e. The molecule has 1 amide bonds. The molecule has 0 saturated heterocycles. The van der Waals surface area contributed by atoms with Crippen LogP contribution in [-0.4, -0.2) is 49.2 Å². The summed E-state index contributed by atoms with van der Waals surface area (Å²) in [5.41, 5.74) is 2.14. The molecule has 0 unspecified atom stereocenters. The predicted molar refractivity (Wildman–Crippen MR) is 86.2 cm³/mol. The molecule has 0 bridgehead atoms. The number of carbonyl (C=O) groups excluding carboxylic acids is 1. The number of aliphatic hydroxyl groups is 1. The molecule has 4 nitrogen and oxygen atoms in total. The van der Waals surface area contributed by atoms with Gasteiger partial charge in [0, 0.05) is 38.4 Å². The first kappa shape index (κ1) is 15.6. The van der Waals surface area contributed by atoms with E-state index >= 15 is 0 Å². The maximum absolute atomic E-state index is 12.2. The maximum atomic E-state index is 12.2. The van der Waals surface area contributed by atoms with Crippen LogP contribution in [0.25, 0.3) is 6.08 Å². The Bertz CT molecular complexity index is 490. The normalized spacial score (nSPS) is 15.0. The number of anilines is 1. The summed E-state index contributed by atoms with van der Waals surface area (Å²) in [5, 5.41) is 9.10. The number of hydrogen-bond donors (Lipinski definition) is 1. The highest BCUT2D eigenvalue weighted by molar-refractivity contribution is 5.92. The van der Waals surface area contributed by atoms with Crippen LogP contribution in [0, 0.1) is 0 Å². The number of hydrogen-bond acceptors (Lipinski definition) is 3. The van der Waals surface area contributed by atoms with Crippen molar-refractivity contribution in [2.75, 3.05) is 32.1 Å². The second-order valence-electron chi connectivity index (χ2n) is 5.66. The molecule has 1 saturated carbocycles. The Morgan fingerprint density at radius 2 is 1.95 bits per heavy atom. The van der Waals surface area contributed by atoms with Crippen LogP contribution in [0.1, 0.15) is 24.8 Å². The fraction of sp³-hybridized carbons (Fsp3) is 0.471. The van der Waals surface area contributed by atoms with Crippen molar-refractivity contribution in [3.05, 3.63) is 35.9 Å². The van der Waals surface area contributed by atoms with Crippen molar-refractivity contribution < 1.29 is 9.90 Å². The summed E-state index contributed by atoms with van der Waals surface area (Å²) >= 11 is 0. The van der Waals surface area contributed by atoms with Crippen molar-refractivity contribution in [3.8, 4) is 0 Å². The van der Waals surface area contributed by atoms with Gasteiger partial charge in [-0.15, -0.1) is 0 Å². The smallest absolute Gasteiger partial charge is 0.246 e. The quantitative estimate of drug-likeness (QED) is 0.816. The van der Waals surface area contributed by atoms with Crippen molar-refractivity contribution in [1.82, 2.24) is 4.90 Å². The lowest BCUT2D eigenvalue weighted by Gasteiger charge is -2.36. The number of carbonyl (C=O) groups is 1. The third-order valence-corrected chi connectivity index (χ3v) is 3.97. The van der Waals surface area contributed by atoms with E-state index < -0.39 is 0 Å². The van der Waals surface area contributed by atoms with E-state index in [0.717, 1.165) is 24.1 Å². The van der Waals surface area contributed by atoms with Crippen LogP contribution >= 0.6 is 0 Å². The molecule has 0 radical (unpaired) electrons. The molecule has 4 heteroatoms. The molecule has 1 aromatic rings. The largest absolute Gasteiger partial charge is 0.395 e. The molecule has 1 aromatic carbocycles. The van der Waals surface area contributed by atoms with Crippen LogP contribution in [0.5, 0.6) is 0 Å². The molecule has 0 aliphatic heterocycles. The standard InChI is InChI=1S/C17H24N2O2/c1-18(2)15-9-6-14(7-10-15)8-11-17(21)19(12-13-20)16-4-3-5-16/h6-11,16,20H,3-5,12-13H2,1-2H3/b11-8+. The van der Waals surface area contributed by atoms with Crippen LogP contribution < -0.4 is 4.90 Å². The van der Waals surface area contributed by atoms with E-state index in [-0.39, 0.29) is 12.5 Å². The lowest BCUT2D eigenvalue weighted by Crippen LogP contribution is -2.44. The summed E-state index contributed by atoms with van der Waals surface area (Å²) in [6, 6.07) is 8.37. The minimum atomic E-state index is -0.00886. The van der Waals surface area contributed by atoms with Crippen LogP contribution in [0.15, 0.2) is 30.3 Å². The molecule has 0 heterocycles. The Labute approximate surface area is 126 Å². The summed E-state index contributed by atoms with van der Waals surface area (Å²) in [5.74, 6) is -0.00886. The van der Waals surface area contributed by atoms with Gasteiger partial charge in [0.15, 0.2) is 0 Å². The molecule has 0 aromatic heterocycles. The highest BCUT2D eigenvalue weighted by atomic mass is 16.3. The zero-order chi connectivity index (χ0) is 15.2. The zero-order valence-corrected chi connectivity index (χ0v) is 12.8. The fourth-order valence-corrected chi connectivity index (χ4v) is 2.43. The van der Waals surface area contributed by atoms with Gasteiger partial charge in [-0.2, -0.15) is 0 Å². The number of rotatable bonds is 6. The van der Waals surface area contributed by atoms with E-state index in [4.69, 9.17) is 5.11 Å². The topological polar surface area (TPSA) is 43.8 Å². The van der Waals surface area contributed by atoms with Gasteiger partial charge in [0.25, 0.3) is 0 Å². The van der Waals surface area contributed by atoms with Crippen molar-refractivity contribution in [2.45, 2.75) is 25.3 Å².